The predicted molar refractivity (Wildman–Crippen MR) is 127 cm³/mol. The number of carbonyl (C=O) groups is 1. The number of aryl methyl sites for hydroxylation is 1. The molecule has 1 aliphatic rings. The van der Waals surface area contributed by atoms with Crippen LogP contribution in [0.25, 0.3) is 27.7 Å². The molecule has 1 aliphatic heterocycles. The number of benzene rings is 1. The standard InChI is InChI=1S/C23H17F2N7O3S/c1-30-9-13(7-27-30)12-5-18(35-22(24)25)21-28-29-23(32(21)10-12)36-14-3-4-16-15(6-14)20-17(8-26-16)31(2)19(33)11-34-20/h3-10,22H,11H2,1-2H3. The van der Waals surface area contributed by atoms with E-state index < -0.39 is 6.61 Å². The molecule has 0 bridgehead atoms. The first-order chi connectivity index (χ1) is 17.4. The van der Waals surface area contributed by atoms with Gasteiger partial charge in [-0.25, -0.2) is 0 Å². The maximum atomic E-state index is 13.1. The molecular weight excluding hydrogens is 492 g/mol. The van der Waals surface area contributed by atoms with Crippen LogP contribution in [0.15, 0.2) is 59.1 Å². The molecule has 0 fully saturated rings. The van der Waals surface area contributed by atoms with Crippen molar-refractivity contribution in [1.82, 2.24) is 29.4 Å². The van der Waals surface area contributed by atoms with Crippen molar-refractivity contribution in [2.45, 2.75) is 16.7 Å². The fourth-order valence-electron chi connectivity index (χ4n) is 3.99. The Bertz CT molecular complexity index is 1650. The van der Waals surface area contributed by atoms with Crippen molar-refractivity contribution in [2.24, 2.45) is 7.05 Å². The molecular formula is C23H17F2N7O3S. The van der Waals surface area contributed by atoms with Crippen LogP contribution in [0, 0.1) is 0 Å². The molecule has 1 aromatic carbocycles. The number of likely N-dealkylation sites (N-methyl/N-ethyl adjacent to an activating group) is 1. The summed E-state index contributed by atoms with van der Waals surface area (Å²) in [7, 11) is 3.44. The maximum Gasteiger partial charge on any atom is 0.387 e. The van der Waals surface area contributed by atoms with Crippen molar-refractivity contribution in [3.05, 3.63) is 49.1 Å². The molecule has 4 aromatic heterocycles. The molecule has 0 aliphatic carbocycles. The van der Waals surface area contributed by atoms with Gasteiger partial charge in [0.1, 0.15) is 5.69 Å². The lowest BCUT2D eigenvalue weighted by atomic mass is 10.1. The van der Waals surface area contributed by atoms with Gasteiger partial charge in [0.15, 0.2) is 18.1 Å². The van der Waals surface area contributed by atoms with Gasteiger partial charge >= 0.3 is 6.61 Å². The molecule has 6 rings (SSSR count). The summed E-state index contributed by atoms with van der Waals surface area (Å²) in [5.41, 5.74) is 2.80. The highest BCUT2D eigenvalue weighted by Gasteiger charge is 2.25. The highest BCUT2D eigenvalue weighted by atomic mass is 32.2. The number of rotatable bonds is 5. The van der Waals surface area contributed by atoms with E-state index >= 15 is 0 Å². The number of amides is 1. The smallest absolute Gasteiger partial charge is 0.387 e. The second kappa shape index (κ2) is 8.45. The molecule has 10 nitrogen and oxygen atoms in total. The average Bonchev–Trinajstić information content (AvgIpc) is 3.47. The summed E-state index contributed by atoms with van der Waals surface area (Å²) in [5.74, 6) is 0.320. The zero-order chi connectivity index (χ0) is 25.0. The summed E-state index contributed by atoms with van der Waals surface area (Å²) in [6.07, 6.45) is 6.76. The third-order valence-electron chi connectivity index (χ3n) is 5.75. The second-order valence-electron chi connectivity index (χ2n) is 8.05. The van der Waals surface area contributed by atoms with E-state index in [9.17, 15) is 13.6 Å². The van der Waals surface area contributed by atoms with Crippen LogP contribution in [0.2, 0.25) is 0 Å². The van der Waals surface area contributed by atoms with Crippen LogP contribution in [0.5, 0.6) is 11.5 Å². The Morgan fingerprint density at radius 2 is 1.97 bits per heavy atom. The molecule has 0 saturated carbocycles. The highest BCUT2D eigenvalue weighted by Crippen LogP contribution is 2.40. The summed E-state index contributed by atoms with van der Waals surface area (Å²) in [5, 5.41) is 13.6. The number of nitrogens with zero attached hydrogens (tertiary/aromatic N) is 7. The molecule has 0 N–H and O–H groups in total. The van der Waals surface area contributed by atoms with Crippen molar-refractivity contribution in [3.63, 3.8) is 0 Å². The Balaban J connectivity index is 1.44. The largest absolute Gasteiger partial charge is 0.481 e. The Labute approximate surface area is 206 Å². The normalized spacial score (nSPS) is 13.5. The Hall–Kier alpha value is -4.26. The lowest BCUT2D eigenvalue weighted by Crippen LogP contribution is -2.35. The third kappa shape index (κ3) is 3.77. The molecule has 5 heterocycles. The van der Waals surface area contributed by atoms with Crippen LogP contribution >= 0.6 is 11.8 Å². The number of pyridine rings is 2. The minimum Gasteiger partial charge on any atom is -0.481 e. The van der Waals surface area contributed by atoms with Crippen LogP contribution in [0.4, 0.5) is 14.5 Å². The van der Waals surface area contributed by atoms with Crippen LogP contribution in [-0.2, 0) is 11.8 Å². The van der Waals surface area contributed by atoms with Crippen molar-refractivity contribution >= 4 is 39.9 Å². The molecule has 182 valence electrons. The van der Waals surface area contributed by atoms with Gasteiger partial charge in [-0.2, -0.15) is 13.9 Å². The van der Waals surface area contributed by atoms with E-state index in [0.717, 1.165) is 15.8 Å². The summed E-state index contributed by atoms with van der Waals surface area (Å²) in [4.78, 5) is 18.8. The van der Waals surface area contributed by atoms with Crippen molar-refractivity contribution in [3.8, 4) is 22.6 Å². The van der Waals surface area contributed by atoms with Gasteiger partial charge in [0.05, 0.1) is 17.9 Å². The number of fused-ring (bicyclic) bond motifs is 4. The van der Waals surface area contributed by atoms with Crippen LogP contribution in [0.3, 0.4) is 0 Å². The van der Waals surface area contributed by atoms with Crippen LogP contribution < -0.4 is 14.4 Å². The molecule has 0 saturated heterocycles. The molecule has 0 radical (unpaired) electrons. The summed E-state index contributed by atoms with van der Waals surface area (Å²) in [6, 6.07) is 7.09. The Morgan fingerprint density at radius 3 is 2.75 bits per heavy atom. The minimum atomic E-state index is -3.02. The van der Waals surface area contributed by atoms with E-state index in [1.54, 1.807) is 48.0 Å². The molecule has 36 heavy (non-hydrogen) atoms. The molecule has 0 atom stereocenters. The predicted octanol–water partition coefficient (Wildman–Crippen LogP) is 3.79. The van der Waals surface area contributed by atoms with Crippen LogP contribution in [-0.4, -0.2) is 55.5 Å². The van der Waals surface area contributed by atoms with Crippen molar-refractivity contribution in [1.29, 1.82) is 0 Å². The van der Waals surface area contributed by atoms with E-state index in [-0.39, 0.29) is 23.9 Å². The van der Waals surface area contributed by atoms with Gasteiger partial charge in [-0.15, -0.1) is 10.2 Å². The number of ether oxygens (including phenoxy) is 2. The maximum absolute atomic E-state index is 13.1. The first kappa shape index (κ1) is 22.2. The number of aromatic nitrogens is 6. The topological polar surface area (TPSA) is 99.7 Å². The first-order valence-electron chi connectivity index (χ1n) is 10.7. The van der Waals surface area contributed by atoms with Gasteiger partial charge in [0, 0.05) is 47.9 Å². The van der Waals surface area contributed by atoms with E-state index in [2.05, 4.69) is 20.3 Å². The highest BCUT2D eigenvalue weighted by molar-refractivity contribution is 7.99. The molecule has 0 unspecified atom stereocenters. The Morgan fingerprint density at radius 1 is 1.11 bits per heavy atom. The molecule has 1 amide bonds. The average molecular weight is 509 g/mol. The van der Waals surface area contributed by atoms with E-state index in [1.165, 1.54) is 22.7 Å². The van der Waals surface area contributed by atoms with Gasteiger partial charge in [-0.3, -0.25) is 18.9 Å². The minimum absolute atomic E-state index is 0.0567. The number of hydrogen-bond acceptors (Lipinski definition) is 8. The van der Waals surface area contributed by atoms with Gasteiger partial charge in [-0.05, 0) is 36.0 Å². The number of anilines is 1. The summed E-state index contributed by atoms with van der Waals surface area (Å²) in [6.45, 7) is -3.08. The van der Waals surface area contributed by atoms with Crippen LogP contribution in [0.1, 0.15) is 0 Å². The number of carbonyl (C=O) groups excluding carboxylic acids is 1. The van der Waals surface area contributed by atoms with Crippen molar-refractivity contribution in [2.75, 3.05) is 18.6 Å². The first-order valence-corrected chi connectivity index (χ1v) is 11.5. The number of halogens is 2. The lowest BCUT2D eigenvalue weighted by Gasteiger charge is -2.26. The fraction of sp³-hybridized carbons (Fsp3) is 0.174. The third-order valence-corrected chi connectivity index (χ3v) is 6.70. The summed E-state index contributed by atoms with van der Waals surface area (Å²) >= 11 is 1.29. The number of hydrogen-bond donors (Lipinski definition) is 0. The van der Waals surface area contributed by atoms with Gasteiger partial charge in [0.2, 0.25) is 10.8 Å². The van der Waals surface area contributed by atoms with Gasteiger partial charge < -0.3 is 14.4 Å². The van der Waals surface area contributed by atoms with Crippen molar-refractivity contribution < 1.29 is 23.0 Å². The molecule has 0 spiro atoms. The lowest BCUT2D eigenvalue weighted by molar-refractivity contribution is -0.120. The van der Waals surface area contributed by atoms with E-state index in [1.807, 2.05) is 18.2 Å². The van der Waals surface area contributed by atoms with E-state index in [0.29, 0.717) is 27.7 Å². The number of alkyl halides is 2. The van der Waals surface area contributed by atoms with E-state index in [4.69, 9.17) is 9.47 Å². The summed E-state index contributed by atoms with van der Waals surface area (Å²) < 4.78 is 40.0. The SMILES string of the molecule is CN1C(=O)COc2c1cnc1ccc(Sc3nnc4c(OC(F)F)cc(-c5cnn(C)c5)cn34)cc21. The molecule has 5 aromatic rings. The zero-order valence-electron chi connectivity index (χ0n) is 18.9. The fourth-order valence-corrected chi connectivity index (χ4v) is 4.83. The molecule has 13 heteroatoms. The monoisotopic (exact) mass is 509 g/mol. The van der Waals surface area contributed by atoms with Gasteiger partial charge in [0.25, 0.3) is 5.91 Å². The Kier molecular flexibility index (Phi) is 5.21. The van der Waals surface area contributed by atoms with Gasteiger partial charge in [-0.1, -0.05) is 0 Å². The quantitative estimate of drug-likeness (QED) is 0.353. The zero-order valence-corrected chi connectivity index (χ0v) is 19.7. The second-order valence-corrected chi connectivity index (χ2v) is 9.09.